The number of hydrogen-bond donors (Lipinski definition) is 2. The first-order valence-electron chi connectivity index (χ1n) is 8.12. The van der Waals surface area contributed by atoms with Gasteiger partial charge in [0.05, 0.1) is 10.6 Å². The molecule has 0 aliphatic heterocycles. The summed E-state index contributed by atoms with van der Waals surface area (Å²) >= 11 is 0. The molecule has 3 rings (SSSR count). The Balaban J connectivity index is 1.74. The van der Waals surface area contributed by atoms with E-state index in [9.17, 15) is 13.2 Å². The first kappa shape index (κ1) is 18.7. The van der Waals surface area contributed by atoms with E-state index < -0.39 is 10.0 Å². The van der Waals surface area contributed by atoms with Gasteiger partial charge in [0.15, 0.2) is 0 Å². The average molecular weight is 386 g/mol. The third-order valence-electron chi connectivity index (χ3n) is 3.54. The van der Waals surface area contributed by atoms with Crippen molar-refractivity contribution in [2.24, 2.45) is 0 Å². The first-order valence-corrected chi connectivity index (χ1v) is 9.60. The van der Waals surface area contributed by atoms with Gasteiger partial charge in [-0.15, -0.1) is 5.10 Å². The Bertz CT molecular complexity index is 1030. The van der Waals surface area contributed by atoms with Crippen LogP contribution in [0, 0.1) is 0 Å². The number of carbonyl (C=O) groups is 1. The summed E-state index contributed by atoms with van der Waals surface area (Å²) in [4.78, 5) is 12.6. The summed E-state index contributed by atoms with van der Waals surface area (Å²) in [6.07, 6.45) is 1.43. The molecule has 1 amide bonds. The number of carbonyl (C=O) groups excluding carboxylic acids is 1. The second-order valence-corrected chi connectivity index (χ2v) is 7.77. The van der Waals surface area contributed by atoms with Crippen LogP contribution < -0.4 is 10.0 Å². The highest BCUT2D eigenvalue weighted by atomic mass is 32.2. The molecule has 27 heavy (non-hydrogen) atoms. The summed E-state index contributed by atoms with van der Waals surface area (Å²) in [7, 11) is -3.57. The van der Waals surface area contributed by atoms with Crippen molar-refractivity contribution in [3.63, 3.8) is 0 Å². The molecule has 2 N–H and O–H groups in total. The summed E-state index contributed by atoms with van der Waals surface area (Å²) in [5, 5.41) is 13.6. The van der Waals surface area contributed by atoms with Gasteiger partial charge in [0.25, 0.3) is 5.91 Å². The zero-order chi connectivity index (χ0) is 19.4. The van der Waals surface area contributed by atoms with Gasteiger partial charge in [0.2, 0.25) is 10.0 Å². The van der Waals surface area contributed by atoms with Gasteiger partial charge in [-0.2, -0.15) is 0 Å². The van der Waals surface area contributed by atoms with Crippen molar-refractivity contribution in [2.45, 2.75) is 24.8 Å². The zero-order valence-corrected chi connectivity index (χ0v) is 15.5. The van der Waals surface area contributed by atoms with Crippen LogP contribution in [0.5, 0.6) is 0 Å². The van der Waals surface area contributed by atoms with Gasteiger partial charge in [0.1, 0.15) is 6.33 Å². The Kier molecular flexibility index (Phi) is 5.28. The highest BCUT2D eigenvalue weighted by molar-refractivity contribution is 7.89. The smallest absolute Gasteiger partial charge is 0.255 e. The largest absolute Gasteiger partial charge is 0.322 e. The van der Waals surface area contributed by atoms with Crippen molar-refractivity contribution in [3.8, 4) is 5.69 Å². The van der Waals surface area contributed by atoms with Gasteiger partial charge in [-0.3, -0.25) is 4.79 Å². The van der Waals surface area contributed by atoms with E-state index in [1.54, 1.807) is 38.1 Å². The van der Waals surface area contributed by atoms with Crippen molar-refractivity contribution < 1.29 is 13.2 Å². The Labute approximate surface area is 156 Å². The Hall–Kier alpha value is -3.11. The molecule has 9 nitrogen and oxygen atoms in total. The Morgan fingerprint density at radius 3 is 2.48 bits per heavy atom. The van der Waals surface area contributed by atoms with Crippen LogP contribution >= 0.6 is 0 Å². The average Bonchev–Trinajstić information content (AvgIpc) is 3.16. The van der Waals surface area contributed by atoms with E-state index in [4.69, 9.17) is 0 Å². The van der Waals surface area contributed by atoms with E-state index in [2.05, 4.69) is 25.6 Å². The lowest BCUT2D eigenvalue weighted by Gasteiger charge is -2.11. The van der Waals surface area contributed by atoms with E-state index in [0.29, 0.717) is 16.9 Å². The van der Waals surface area contributed by atoms with Crippen LogP contribution in [0.25, 0.3) is 5.69 Å². The number of benzene rings is 2. The minimum atomic E-state index is -3.57. The molecule has 3 aromatic rings. The van der Waals surface area contributed by atoms with Gasteiger partial charge >= 0.3 is 0 Å². The minimum absolute atomic E-state index is 0.134. The monoisotopic (exact) mass is 386 g/mol. The molecule has 1 aromatic heterocycles. The normalized spacial score (nSPS) is 11.5. The van der Waals surface area contributed by atoms with E-state index in [1.807, 2.05) is 0 Å². The molecule has 2 aromatic carbocycles. The second kappa shape index (κ2) is 7.64. The van der Waals surface area contributed by atoms with Gasteiger partial charge in [-0.25, -0.2) is 17.8 Å². The number of nitrogens with zero attached hydrogens (tertiary/aromatic N) is 4. The van der Waals surface area contributed by atoms with Crippen LogP contribution in [0.3, 0.4) is 0 Å². The number of aromatic nitrogens is 4. The number of tetrazole rings is 1. The zero-order valence-electron chi connectivity index (χ0n) is 14.7. The predicted octanol–water partition coefficient (Wildman–Crippen LogP) is 1.60. The Morgan fingerprint density at radius 2 is 1.85 bits per heavy atom. The molecule has 0 fully saturated rings. The standard InChI is InChI=1S/C17H18N6O3S/c1-12(2)20-27(25,26)16-8-6-14(7-9-16)19-17(24)13-4-3-5-15(10-13)23-11-18-21-22-23/h3-12,20H,1-2H3,(H,19,24). The number of nitrogens with one attached hydrogen (secondary N) is 2. The fraction of sp³-hybridized carbons (Fsp3) is 0.176. The third-order valence-corrected chi connectivity index (χ3v) is 5.21. The topological polar surface area (TPSA) is 119 Å². The molecular weight excluding hydrogens is 368 g/mol. The predicted molar refractivity (Wildman–Crippen MR) is 99.0 cm³/mol. The number of sulfonamides is 1. The van der Waals surface area contributed by atoms with E-state index in [1.165, 1.54) is 35.3 Å². The third kappa shape index (κ3) is 4.54. The van der Waals surface area contributed by atoms with Gasteiger partial charge in [-0.1, -0.05) is 6.07 Å². The van der Waals surface area contributed by atoms with E-state index in [0.717, 1.165) is 0 Å². The van der Waals surface area contributed by atoms with Crippen LogP contribution in [0.15, 0.2) is 59.8 Å². The maximum atomic E-state index is 12.5. The molecule has 0 atom stereocenters. The molecule has 1 heterocycles. The molecule has 0 unspecified atom stereocenters. The lowest BCUT2D eigenvalue weighted by Crippen LogP contribution is -2.30. The van der Waals surface area contributed by atoms with Crippen LogP contribution in [-0.4, -0.2) is 40.6 Å². The fourth-order valence-electron chi connectivity index (χ4n) is 2.37. The number of amides is 1. The van der Waals surface area contributed by atoms with Crippen molar-refractivity contribution in [3.05, 3.63) is 60.4 Å². The van der Waals surface area contributed by atoms with Crippen LogP contribution in [0.4, 0.5) is 5.69 Å². The Morgan fingerprint density at radius 1 is 1.11 bits per heavy atom. The molecule has 0 aliphatic carbocycles. The van der Waals surface area contributed by atoms with Crippen molar-refractivity contribution in [1.82, 2.24) is 24.9 Å². The van der Waals surface area contributed by atoms with Crippen molar-refractivity contribution in [2.75, 3.05) is 5.32 Å². The summed E-state index contributed by atoms with van der Waals surface area (Å²) in [6, 6.07) is 12.6. The molecule has 0 radical (unpaired) electrons. The maximum Gasteiger partial charge on any atom is 0.255 e. The molecule has 0 saturated carbocycles. The van der Waals surface area contributed by atoms with Crippen LogP contribution in [-0.2, 0) is 10.0 Å². The molecule has 140 valence electrons. The summed E-state index contributed by atoms with van der Waals surface area (Å²) in [6.45, 7) is 3.49. The SMILES string of the molecule is CC(C)NS(=O)(=O)c1ccc(NC(=O)c2cccc(-n3cnnn3)c2)cc1. The van der Waals surface area contributed by atoms with E-state index >= 15 is 0 Å². The van der Waals surface area contributed by atoms with Gasteiger partial charge in [0, 0.05) is 17.3 Å². The summed E-state index contributed by atoms with van der Waals surface area (Å²) in [5.41, 5.74) is 1.55. The number of hydrogen-bond acceptors (Lipinski definition) is 6. The first-order chi connectivity index (χ1) is 12.8. The molecule has 0 spiro atoms. The molecular formula is C17H18N6O3S. The number of rotatable bonds is 6. The molecule has 0 saturated heterocycles. The second-order valence-electron chi connectivity index (χ2n) is 6.06. The minimum Gasteiger partial charge on any atom is -0.322 e. The highest BCUT2D eigenvalue weighted by Gasteiger charge is 2.15. The lowest BCUT2D eigenvalue weighted by atomic mass is 10.2. The fourth-order valence-corrected chi connectivity index (χ4v) is 3.62. The van der Waals surface area contributed by atoms with Crippen molar-refractivity contribution in [1.29, 1.82) is 0 Å². The molecule has 0 bridgehead atoms. The lowest BCUT2D eigenvalue weighted by molar-refractivity contribution is 0.102. The maximum absolute atomic E-state index is 12.5. The quantitative estimate of drug-likeness (QED) is 0.664. The summed E-state index contributed by atoms with van der Waals surface area (Å²) in [5.74, 6) is -0.333. The molecule has 0 aliphatic rings. The van der Waals surface area contributed by atoms with E-state index in [-0.39, 0.29) is 16.8 Å². The van der Waals surface area contributed by atoms with Gasteiger partial charge in [-0.05, 0) is 66.7 Å². The van der Waals surface area contributed by atoms with Crippen molar-refractivity contribution >= 4 is 21.6 Å². The van der Waals surface area contributed by atoms with Crippen LogP contribution in [0.1, 0.15) is 24.2 Å². The highest BCUT2D eigenvalue weighted by Crippen LogP contribution is 2.16. The van der Waals surface area contributed by atoms with Crippen LogP contribution in [0.2, 0.25) is 0 Å². The summed E-state index contributed by atoms with van der Waals surface area (Å²) < 4.78 is 28.2. The van der Waals surface area contributed by atoms with Gasteiger partial charge < -0.3 is 5.32 Å². The molecule has 10 heteroatoms. The number of anilines is 1.